The van der Waals surface area contributed by atoms with Crippen LogP contribution < -0.4 is 5.32 Å². The zero-order chi connectivity index (χ0) is 13.9. The van der Waals surface area contributed by atoms with Crippen molar-refractivity contribution in [2.75, 3.05) is 6.54 Å². The van der Waals surface area contributed by atoms with Crippen LogP contribution in [0.15, 0.2) is 17.1 Å². The molecule has 5 heteroatoms. The van der Waals surface area contributed by atoms with Crippen LogP contribution in [0.3, 0.4) is 0 Å². The second-order valence-corrected chi connectivity index (χ2v) is 7.42. The fourth-order valence-corrected chi connectivity index (χ4v) is 3.64. The summed E-state index contributed by atoms with van der Waals surface area (Å²) >= 11 is 3.42. The molecule has 2 aromatic heterocycles. The van der Waals surface area contributed by atoms with Crippen LogP contribution in [0.5, 0.6) is 0 Å². The molecule has 104 valence electrons. The van der Waals surface area contributed by atoms with E-state index in [2.05, 4.69) is 43.4 Å². The van der Waals surface area contributed by atoms with E-state index in [1.165, 1.54) is 10.6 Å². The lowest BCUT2D eigenvalue weighted by Crippen LogP contribution is -2.22. The Morgan fingerprint density at radius 1 is 1.32 bits per heavy atom. The van der Waals surface area contributed by atoms with E-state index >= 15 is 0 Å². The van der Waals surface area contributed by atoms with Gasteiger partial charge in [0.1, 0.15) is 5.01 Å². The quantitative estimate of drug-likeness (QED) is 0.906. The number of thiazole rings is 2. The maximum atomic E-state index is 4.83. The van der Waals surface area contributed by atoms with E-state index in [-0.39, 0.29) is 11.5 Å². The predicted molar refractivity (Wildman–Crippen MR) is 83.1 cm³/mol. The smallest absolute Gasteiger partial charge is 0.115 e. The molecule has 0 aliphatic carbocycles. The van der Waals surface area contributed by atoms with Gasteiger partial charge >= 0.3 is 0 Å². The van der Waals surface area contributed by atoms with Gasteiger partial charge in [-0.1, -0.05) is 27.7 Å². The molecule has 0 bridgehead atoms. The van der Waals surface area contributed by atoms with Crippen LogP contribution in [0.1, 0.15) is 55.7 Å². The second kappa shape index (κ2) is 6.11. The zero-order valence-electron chi connectivity index (χ0n) is 11.9. The van der Waals surface area contributed by atoms with Gasteiger partial charge in [0.05, 0.1) is 17.2 Å². The van der Waals surface area contributed by atoms with Gasteiger partial charge in [0.15, 0.2) is 0 Å². The first-order chi connectivity index (χ1) is 9.02. The molecule has 2 heterocycles. The molecule has 0 aromatic carbocycles. The Bertz CT molecular complexity index is 497. The number of nitrogens with one attached hydrogen (secondary N) is 1. The van der Waals surface area contributed by atoms with Crippen LogP contribution in [0.25, 0.3) is 0 Å². The number of rotatable bonds is 5. The van der Waals surface area contributed by atoms with E-state index in [0.717, 1.165) is 18.0 Å². The molecule has 2 rings (SSSR count). The largest absolute Gasteiger partial charge is 0.304 e. The number of aromatic nitrogens is 2. The highest BCUT2D eigenvalue weighted by atomic mass is 32.1. The standard InChI is InChI=1S/C14H21N3S2/c1-5-6-16-12(10-7-15-9-19-10)13-17-11(8-18-13)14(2,3)4/h7-9,12,16H,5-6H2,1-4H3. The Morgan fingerprint density at radius 2 is 2.11 bits per heavy atom. The van der Waals surface area contributed by atoms with Gasteiger partial charge in [-0.15, -0.1) is 22.7 Å². The van der Waals surface area contributed by atoms with E-state index in [0.29, 0.717) is 0 Å². The normalized spacial score (nSPS) is 13.7. The Labute approximate surface area is 123 Å². The molecule has 0 aliphatic heterocycles. The number of nitrogens with zero attached hydrogens (tertiary/aromatic N) is 2. The molecule has 1 atom stereocenters. The van der Waals surface area contributed by atoms with Gasteiger partial charge in [-0.3, -0.25) is 4.98 Å². The summed E-state index contributed by atoms with van der Waals surface area (Å²) in [5.41, 5.74) is 3.16. The molecule has 3 nitrogen and oxygen atoms in total. The average molecular weight is 295 g/mol. The second-order valence-electron chi connectivity index (χ2n) is 5.61. The van der Waals surface area contributed by atoms with E-state index in [1.54, 1.807) is 22.7 Å². The number of hydrogen-bond acceptors (Lipinski definition) is 5. The van der Waals surface area contributed by atoms with Crippen molar-refractivity contribution in [1.82, 2.24) is 15.3 Å². The Balaban J connectivity index is 2.26. The van der Waals surface area contributed by atoms with Crippen molar-refractivity contribution in [3.8, 4) is 0 Å². The van der Waals surface area contributed by atoms with Crippen molar-refractivity contribution in [3.63, 3.8) is 0 Å². The summed E-state index contributed by atoms with van der Waals surface area (Å²) in [6, 6.07) is 0.188. The summed E-state index contributed by atoms with van der Waals surface area (Å²) in [5, 5.41) is 6.89. The van der Waals surface area contributed by atoms with E-state index < -0.39 is 0 Å². The van der Waals surface area contributed by atoms with Crippen LogP contribution in [0.4, 0.5) is 0 Å². The summed E-state index contributed by atoms with van der Waals surface area (Å²) in [4.78, 5) is 10.3. The summed E-state index contributed by atoms with van der Waals surface area (Å²) < 4.78 is 0. The van der Waals surface area contributed by atoms with Gasteiger partial charge in [-0.05, 0) is 13.0 Å². The zero-order valence-corrected chi connectivity index (χ0v) is 13.6. The van der Waals surface area contributed by atoms with Crippen LogP contribution in [0, 0.1) is 0 Å². The molecule has 0 radical (unpaired) electrons. The molecule has 1 N–H and O–H groups in total. The van der Waals surface area contributed by atoms with Crippen molar-refractivity contribution >= 4 is 22.7 Å². The van der Waals surface area contributed by atoms with Crippen LogP contribution >= 0.6 is 22.7 Å². The highest BCUT2D eigenvalue weighted by molar-refractivity contribution is 7.11. The van der Waals surface area contributed by atoms with E-state index in [9.17, 15) is 0 Å². The van der Waals surface area contributed by atoms with Gasteiger partial charge in [0, 0.05) is 21.9 Å². The molecule has 0 spiro atoms. The van der Waals surface area contributed by atoms with Gasteiger partial charge in [-0.25, -0.2) is 4.98 Å². The monoisotopic (exact) mass is 295 g/mol. The lowest BCUT2D eigenvalue weighted by atomic mass is 9.93. The summed E-state index contributed by atoms with van der Waals surface area (Å²) in [5.74, 6) is 0. The molecule has 0 saturated heterocycles. The van der Waals surface area contributed by atoms with E-state index in [1.807, 2.05) is 11.7 Å². The topological polar surface area (TPSA) is 37.8 Å². The lowest BCUT2D eigenvalue weighted by Gasteiger charge is -2.16. The van der Waals surface area contributed by atoms with Crippen molar-refractivity contribution in [3.05, 3.63) is 32.7 Å². The molecule has 0 fully saturated rings. The highest BCUT2D eigenvalue weighted by Gasteiger charge is 2.22. The molecule has 19 heavy (non-hydrogen) atoms. The maximum Gasteiger partial charge on any atom is 0.115 e. The SMILES string of the molecule is CCCNC(c1cncs1)c1nc(C(C)(C)C)cs1. The minimum absolute atomic E-state index is 0.109. The summed E-state index contributed by atoms with van der Waals surface area (Å²) in [6.45, 7) is 9.78. The van der Waals surface area contributed by atoms with Crippen LogP contribution in [0.2, 0.25) is 0 Å². The van der Waals surface area contributed by atoms with E-state index in [4.69, 9.17) is 4.98 Å². The minimum Gasteiger partial charge on any atom is -0.304 e. The van der Waals surface area contributed by atoms with Gasteiger partial charge in [0.2, 0.25) is 0 Å². The van der Waals surface area contributed by atoms with Crippen molar-refractivity contribution < 1.29 is 0 Å². The minimum atomic E-state index is 0.109. The molecule has 2 aromatic rings. The first-order valence-corrected chi connectivity index (χ1v) is 8.36. The molecular weight excluding hydrogens is 274 g/mol. The molecule has 1 unspecified atom stereocenters. The van der Waals surface area contributed by atoms with Crippen LogP contribution in [-0.2, 0) is 5.41 Å². The summed E-state index contributed by atoms with van der Waals surface area (Å²) in [7, 11) is 0. The highest BCUT2D eigenvalue weighted by Crippen LogP contribution is 2.31. The third-order valence-corrected chi connectivity index (χ3v) is 4.62. The maximum absolute atomic E-state index is 4.83. The van der Waals surface area contributed by atoms with Crippen LogP contribution in [-0.4, -0.2) is 16.5 Å². The first kappa shape index (κ1) is 14.6. The molecule has 0 amide bonds. The fraction of sp³-hybridized carbons (Fsp3) is 0.571. The van der Waals surface area contributed by atoms with Gasteiger partial charge in [-0.2, -0.15) is 0 Å². The Hall–Kier alpha value is -0.780. The lowest BCUT2D eigenvalue weighted by molar-refractivity contribution is 0.559. The Kier molecular flexibility index (Phi) is 4.71. The average Bonchev–Trinajstić information content (AvgIpc) is 2.99. The predicted octanol–water partition coefficient (Wildman–Crippen LogP) is 3.99. The third kappa shape index (κ3) is 3.61. The van der Waals surface area contributed by atoms with Gasteiger partial charge in [0.25, 0.3) is 0 Å². The van der Waals surface area contributed by atoms with Gasteiger partial charge < -0.3 is 5.32 Å². The number of hydrogen-bond donors (Lipinski definition) is 1. The van der Waals surface area contributed by atoms with Crippen molar-refractivity contribution in [2.24, 2.45) is 0 Å². The molecule has 0 aliphatic rings. The molecule has 0 saturated carbocycles. The Morgan fingerprint density at radius 3 is 2.63 bits per heavy atom. The third-order valence-electron chi connectivity index (χ3n) is 2.87. The fourth-order valence-electron chi connectivity index (χ4n) is 1.73. The van der Waals surface area contributed by atoms with Crippen molar-refractivity contribution in [2.45, 2.75) is 45.6 Å². The van der Waals surface area contributed by atoms with Crippen molar-refractivity contribution in [1.29, 1.82) is 0 Å². The first-order valence-electron chi connectivity index (χ1n) is 6.60. The summed E-state index contributed by atoms with van der Waals surface area (Å²) in [6.07, 6.45) is 3.06. The molecular formula is C14H21N3S2.